The van der Waals surface area contributed by atoms with Gasteiger partial charge in [0.1, 0.15) is 12.0 Å². The standard InChI is InChI=1S/C17H19N7O2S/c1-11(6-13(19)9-27(25)26)15(2-4-18)24-8-12(7-23-24)16-14-3-5-20-17(14)22-10-21-16/h3,5,7-8,10-11,15,19H,2,6,9H2,1H3,(H,25,26)(H,20,21,22). The Morgan fingerprint density at radius 2 is 2.33 bits per heavy atom. The summed E-state index contributed by atoms with van der Waals surface area (Å²) in [6.45, 7) is 1.91. The quantitative estimate of drug-likeness (QED) is 0.401. The molecule has 3 aromatic rings. The molecule has 0 amide bonds. The van der Waals surface area contributed by atoms with Crippen LogP contribution in [-0.2, 0) is 11.1 Å². The number of nitrogens with zero attached hydrogens (tertiary/aromatic N) is 5. The molecule has 10 heteroatoms. The molecule has 0 radical (unpaired) electrons. The van der Waals surface area contributed by atoms with Gasteiger partial charge in [0.25, 0.3) is 0 Å². The van der Waals surface area contributed by atoms with E-state index >= 15 is 0 Å². The molecule has 0 aliphatic rings. The molecule has 0 saturated carbocycles. The molecular formula is C17H19N7O2S. The van der Waals surface area contributed by atoms with Crippen LogP contribution < -0.4 is 0 Å². The van der Waals surface area contributed by atoms with Crippen LogP contribution in [0.15, 0.2) is 31.0 Å². The summed E-state index contributed by atoms with van der Waals surface area (Å²) in [4.78, 5) is 11.6. The van der Waals surface area contributed by atoms with Gasteiger partial charge in [0, 0.05) is 29.1 Å². The predicted molar refractivity (Wildman–Crippen MR) is 102 cm³/mol. The Labute approximate surface area is 158 Å². The Morgan fingerprint density at radius 1 is 1.52 bits per heavy atom. The molecule has 0 aliphatic heterocycles. The lowest BCUT2D eigenvalue weighted by Crippen LogP contribution is -2.22. The summed E-state index contributed by atoms with van der Waals surface area (Å²) < 4.78 is 21.5. The van der Waals surface area contributed by atoms with E-state index < -0.39 is 11.1 Å². The smallest absolute Gasteiger partial charge is 0.158 e. The van der Waals surface area contributed by atoms with Crippen LogP contribution in [0.2, 0.25) is 0 Å². The lowest BCUT2D eigenvalue weighted by molar-refractivity contribution is 0.337. The van der Waals surface area contributed by atoms with Gasteiger partial charge in [-0.3, -0.25) is 4.68 Å². The van der Waals surface area contributed by atoms with Crippen molar-refractivity contribution in [3.05, 3.63) is 31.0 Å². The van der Waals surface area contributed by atoms with E-state index in [1.807, 2.05) is 19.2 Å². The zero-order valence-corrected chi connectivity index (χ0v) is 15.5. The van der Waals surface area contributed by atoms with Crippen molar-refractivity contribution in [2.45, 2.75) is 25.8 Å². The van der Waals surface area contributed by atoms with Crippen LogP contribution >= 0.6 is 0 Å². The van der Waals surface area contributed by atoms with E-state index in [0.29, 0.717) is 6.42 Å². The topological polar surface area (TPSA) is 144 Å². The van der Waals surface area contributed by atoms with Gasteiger partial charge in [0.15, 0.2) is 11.1 Å². The van der Waals surface area contributed by atoms with Gasteiger partial charge in [-0.2, -0.15) is 10.4 Å². The molecule has 3 aromatic heterocycles. The minimum Gasteiger partial charge on any atom is -0.346 e. The highest BCUT2D eigenvalue weighted by Gasteiger charge is 2.22. The van der Waals surface area contributed by atoms with Gasteiger partial charge in [-0.25, -0.2) is 14.2 Å². The number of nitriles is 1. The minimum absolute atomic E-state index is 0.0915. The number of hydrogen-bond donors (Lipinski definition) is 3. The zero-order chi connectivity index (χ0) is 19.4. The second kappa shape index (κ2) is 8.20. The second-order valence-electron chi connectivity index (χ2n) is 6.35. The van der Waals surface area contributed by atoms with Crippen LogP contribution in [0.25, 0.3) is 22.3 Å². The Balaban J connectivity index is 1.85. The molecule has 3 atom stereocenters. The third kappa shape index (κ3) is 4.27. The summed E-state index contributed by atoms with van der Waals surface area (Å²) in [5.74, 6) is -0.272. The highest BCUT2D eigenvalue weighted by atomic mass is 32.2. The lowest BCUT2D eigenvalue weighted by Gasteiger charge is -2.22. The molecule has 0 saturated heterocycles. The maximum Gasteiger partial charge on any atom is 0.158 e. The third-order valence-electron chi connectivity index (χ3n) is 4.39. The van der Waals surface area contributed by atoms with Crippen molar-refractivity contribution in [1.29, 1.82) is 10.7 Å². The van der Waals surface area contributed by atoms with Crippen LogP contribution in [0.1, 0.15) is 25.8 Å². The van der Waals surface area contributed by atoms with Gasteiger partial charge < -0.3 is 14.9 Å². The molecule has 27 heavy (non-hydrogen) atoms. The highest BCUT2D eigenvalue weighted by molar-refractivity contribution is 7.80. The predicted octanol–water partition coefficient (Wildman–Crippen LogP) is 2.54. The molecular weight excluding hydrogens is 366 g/mol. The molecule has 0 aromatic carbocycles. The van der Waals surface area contributed by atoms with Crippen molar-refractivity contribution in [2.75, 3.05) is 5.75 Å². The first kappa shape index (κ1) is 18.9. The van der Waals surface area contributed by atoms with E-state index in [4.69, 9.17) is 9.96 Å². The fourth-order valence-corrected chi connectivity index (χ4v) is 3.54. The van der Waals surface area contributed by atoms with Crippen LogP contribution in [0, 0.1) is 22.7 Å². The molecule has 3 heterocycles. The molecule has 9 nitrogen and oxygen atoms in total. The van der Waals surface area contributed by atoms with Crippen molar-refractivity contribution in [3.8, 4) is 17.3 Å². The summed E-state index contributed by atoms with van der Waals surface area (Å²) in [6, 6.07) is 3.81. The number of H-pyrrole nitrogens is 1. The average molecular weight is 385 g/mol. The molecule has 0 fully saturated rings. The number of rotatable bonds is 8. The fraction of sp³-hybridized carbons (Fsp3) is 0.353. The lowest BCUT2D eigenvalue weighted by atomic mass is 9.94. The Morgan fingerprint density at radius 3 is 3.07 bits per heavy atom. The van der Waals surface area contributed by atoms with Gasteiger partial charge >= 0.3 is 0 Å². The summed E-state index contributed by atoms with van der Waals surface area (Å²) in [5, 5.41) is 22.4. The maximum absolute atomic E-state index is 10.9. The Kier molecular flexibility index (Phi) is 5.73. The number of aromatic amines is 1. The van der Waals surface area contributed by atoms with Gasteiger partial charge in [-0.05, 0) is 18.4 Å². The summed E-state index contributed by atoms with van der Waals surface area (Å²) >= 11 is -2.03. The fourth-order valence-electron chi connectivity index (χ4n) is 3.13. The first-order chi connectivity index (χ1) is 13.0. The largest absolute Gasteiger partial charge is 0.346 e. The van der Waals surface area contributed by atoms with Crippen molar-refractivity contribution >= 4 is 27.8 Å². The highest BCUT2D eigenvalue weighted by Crippen LogP contribution is 2.29. The van der Waals surface area contributed by atoms with E-state index in [0.717, 1.165) is 22.3 Å². The second-order valence-corrected chi connectivity index (χ2v) is 7.28. The monoisotopic (exact) mass is 385 g/mol. The average Bonchev–Trinajstić information content (AvgIpc) is 3.27. The van der Waals surface area contributed by atoms with Crippen molar-refractivity contribution in [2.24, 2.45) is 5.92 Å². The molecule has 3 N–H and O–H groups in total. The summed E-state index contributed by atoms with van der Waals surface area (Å²) in [6.07, 6.45) is 7.35. The van der Waals surface area contributed by atoms with Crippen LogP contribution in [-0.4, -0.2) is 45.0 Å². The normalized spacial score (nSPS) is 14.6. The Hall–Kier alpha value is -2.90. The van der Waals surface area contributed by atoms with Gasteiger partial charge in [-0.1, -0.05) is 6.92 Å². The Bertz CT molecular complexity index is 1020. The minimum atomic E-state index is -2.03. The van der Waals surface area contributed by atoms with Crippen LogP contribution in [0.3, 0.4) is 0 Å². The molecule has 0 aliphatic carbocycles. The number of aromatic nitrogens is 5. The number of nitrogens with one attached hydrogen (secondary N) is 2. The van der Waals surface area contributed by atoms with Crippen molar-refractivity contribution in [3.63, 3.8) is 0 Å². The van der Waals surface area contributed by atoms with Crippen LogP contribution in [0.4, 0.5) is 0 Å². The summed E-state index contributed by atoms with van der Waals surface area (Å²) in [5.41, 5.74) is 2.48. The molecule has 3 rings (SSSR count). The van der Waals surface area contributed by atoms with E-state index in [1.165, 1.54) is 6.33 Å². The van der Waals surface area contributed by atoms with Crippen LogP contribution in [0.5, 0.6) is 0 Å². The molecule has 0 spiro atoms. The zero-order valence-electron chi connectivity index (χ0n) is 14.7. The van der Waals surface area contributed by atoms with Crippen molar-refractivity contribution < 1.29 is 8.76 Å². The van der Waals surface area contributed by atoms with Crippen molar-refractivity contribution in [1.82, 2.24) is 24.7 Å². The van der Waals surface area contributed by atoms with E-state index in [2.05, 4.69) is 26.1 Å². The van der Waals surface area contributed by atoms with Gasteiger partial charge in [0.05, 0.1) is 36.2 Å². The number of fused-ring (bicyclic) bond motifs is 1. The van der Waals surface area contributed by atoms with E-state index in [1.54, 1.807) is 17.1 Å². The van der Waals surface area contributed by atoms with Gasteiger partial charge in [-0.15, -0.1) is 0 Å². The SMILES string of the molecule is CC(CC(=N)CS(=O)O)C(CC#N)n1cc(-c2ncnc3[nH]ccc23)cn1. The summed E-state index contributed by atoms with van der Waals surface area (Å²) in [7, 11) is 0. The van der Waals surface area contributed by atoms with E-state index in [9.17, 15) is 9.47 Å². The first-order valence-electron chi connectivity index (χ1n) is 8.33. The van der Waals surface area contributed by atoms with Gasteiger partial charge in [0.2, 0.25) is 0 Å². The first-order valence-corrected chi connectivity index (χ1v) is 9.60. The molecule has 3 unspecified atom stereocenters. The molecule has 0 bridgehead atoms. The molecule has 140 valence electrons. The maximum atomic E-state index is 10.9. The third-order valence-corrected chi connectivity index (χ3v) is 4.99. The van der Waals surface area contributed by atoms with E-state index in [-0.39, 0.29) is 29.8 Å². The number of hydrogen-bond acceptors (Lipinski definition) is 6.